The minimum atomic E-state index is -0.448. The van der Waals surface area contributed by atoms with E-state index < -0.39 is 6.09 Å². The van der Waals surface area contributed by atoms with Gasteiger partial charge in [0, 0.05) is 23.2 Å². The van der Waals surface area contributed by atoms with Crippen molar-refractivity contribution in [3.63, 3.8) is 0 Å². The van der Waals surface area contributed by atoms with Crippen LogP contribution in [-0.2, 0) is 11.3 Å². The highest BCUT2D eigenvalue weighted by Gasteiger charge is 2.22. The minimum Gasteiger partial charge on any atom is -0.493 e. The first kappa shape index (κ1) is 24.9. The van der Waals surface area contributed by atoms with E-state index in [4.69, 9.17) is 23.9 Å². The number of methoxy groups -OCH3 is 3. The summed E-state index contributed by atoms with van der Waals surface area (Å²) in [5.74, 6) is 1.54. The van der Waals surface area contributed by atoms with E-state index in [1.165, 1.54) is 0 Å². The zero-order valence-corrected chi connectivity index (χ0v) is 21.4. The number of pyridine rings is 1. The van der Waals surface area contributed by atoms with Gasteiger partial charge in [0.25, 0.3) is 0 Å². The normalized spacial score (nSPS) is 11.0. The number of aromatic nitrogens is 1. The zero-order chi connectivity index (χ0) is 25.8. The fourth-order valence-corrected chi connectivity index (χ4v) is 4.12. The first-order chi connectivity index (χ1) is 17.3. The van der Waals surface area contributed by atoms with Gasteiger partial charge in [-0.3, -0.25) is 0 Å². The van der Waals surface area contributed by atoms with Crippen molar-refractivity contribution in [3.8, 4) is 17.2 Å². The Morgan fingerprint density at radius 3 is 2.42 bits per heavy atom. The van der Waals surface area contributed by atoms with E-state index in [0.29, 0.717) is 22.8 Å². The summed E-state index contributed by atoms with van der Waals surface area (Å²) in [7, 11) is 4.76. The Balaban J connectivity index is 1.83. The molecule has 0 bridgehead atoms. The molecule has 0 unspecified atom stereocenters. The third kappa shape index (κ3) is 5.07. The van der Waals surface area contributed by atoms with Crippen LogP contribution >= 0.6 is 0 Å². The van der Waals surface area contributed by atoms with Gasteiger partial charge in [0.2, 0.25) is 5.75 Å². The van der Waals surface area contributed by atoms with E-state index in [2.05, 4.69) is 10.6 Å². The molecule has 4 rings (SSSR count). The summed E-state index contributed by atoms with van der Waals surface area (Å²) < 4.78 is 22.4. The molecule has 4 aromatic rings. The molecule has 0 radical (unpaired) electrons. The standard InChI is InChI=1S/C28H31N3O5/c1-16(2)29-28(32)36-15-18-8-7-9-19(13-18)30-25-20-11-10-17(3)12-21(20)31-22-14-23(33-4)26(34-5)27(35-6)24(22)25/h7-14,16H,15H2,1-6H3,(H,29,32)(H,30,31). The highest BCUT2D eigenvalue weighted by molar-refractivity contribution is 6.12. The van der Waals surface area contributed by atoms with Crippen molar-refractivity contribution in [1.82, 2.24) is 10.3 Å². The second-order valence-electron chi connectivity index (χ2n) is 8.75. The Hall–Kier alpha value is -4.20. The van der Waals surface area contributed by atoms with Crippen LogP contribution in [0.2, 0.25) is 0 Å². The second kappa shape index (κ2) is 10.6. The number of ether oxygens (including phenoxy) is 4. The molecular formula is C28H31N3O5. The maximum Gasteiger partial charge on any atom is 0.407 e. The predicted octanol–water partition coefficient (Wildman–Crippen LogP) is 6.10. The lowest BCUT2D eigenvalue weighted by Gasteiger charge is -2.19. The summed E-state index contributed by atoms with van der Waals surface area (Å²) >= 11 is 0. The largest absolute Gasteiger partial charge is 0.493 e. The van der Waals surface area contributed by atoms with Crippen LogP contribution in [0.25, 0.3) is 21.8 Å². The fourth-order valence-electron chi connectivity index (χ4n) is 4.12. The van der Waals surface area contributed by atoms with Gasteiger partial charge in [-0.2, -0.15) is 0 Å². The van der Waals surface area contributed by atoms with E-state index in [-0.39, 0.29) is 12.6 Å². The van der Waals surface area contributed by atoms with Crippen molar-refractivity contribution in [2.75, 3.05) is 26.6 Å². The number of anilines is 2. The van der Waals surface area contributed by atoms with E-state index >= 15 is 0 Å². The summed E-state index contributed by atoms with van der Waals surface area (Å²) in [6.45, 7) is 5.96. The molecule has 3 aromatic carbocycles. The molecule has 1 amide bonds. The summed E-state index contributed by atoms with van der Waals surface area (Å²) in [4.78, 5) is 16.8. The van der Waals surface area contributed by atoms with Gasteiger partial charge in [0.1, 0.15) is 6.61 Å². The van der Waals surface area contributed by atoms with Gasteiger partial charge in [-0.15, -0.1) is 0 Å². The summed E-state index contributed by atoms with van der Waals surface area (Å²) in [6, 6.07) is 15.7. The molecule has 2 N–H and O–H groups in total. The Bertz CT molecular complexity index is 1420. The van der Waals surface area contributed by atoms with E-state index in [1.54, 1.807) is 21.3 Å². The number of nitrogens with zero attached hydrogens (tertiary/aromatic N) is 1. The van der Waals surface area contributed by atoms with Crippen LogP contribution in [0.5, 0.6) is 17.2 Å². The van der Waals surface area contributed by atoms with Crippen molar-refractivity contribution >= 4 is 39.3 Å². The molecule has 0 saturated heterocycles. The quantitative estimate of drug-likeness (QED) is 0.289. The number of hydrogen-bond donors (Lipinski definition) is 2. The van der Waals surface area contributed by atoms with Gasteiger partial charge < -0.3 is 29.6 Å². The zero-order valence-electron chi connectivity index (χ0n) is 21.4. The van der Waals surface area contributed by atoms with Crippen molar-refractivity contribution < 1.29 is 23.7 Å². The molecule has 0 aliphatic carbocycles. The lowest BCUT2D eigenvalue weighted by molar-refractivity contribution is 0.137. The van der Waals surface area contributed by atoms with E-state index in [0.717, 1.165) is 38.8 Å². The molecule has 1 aromatic heterocycles. The topological polar surface area (TPSA) is 90.9 Å². The summed E-state index contributed by atoms with van der Waals surface area (Å²) in [5.41, 5.74) is 5.14. The summed E-state index contributed by atoms with van der Waals surface area (Å²) in [5, 5.41) is 7.98. The number of hydrogen-bond acceptors (Lipinski definition) is 7. The molecule has 188 valence electrons. The SMILES string of the molecule is COc1cc2nc3cc(C)ccc3c(Nc3cccc(COC(=O)NC(C)C)c3)c2c(OC)c1OC. The van der Waals surface area contributed by atoms with Gasteiger partial charge in [-0.25, -0.2) is 9.78 Å². The molecule has 0 spiro atoms. The average molecular weight is 490 g/mol. The lowest BCUT2D eigenvalue weighted by atomic mass is 10.0. The number of nitrogens with one attached hydrogen (secondary N) is 2. The van der Waals surface area contributed by atoms with Crippen molar-refractivity contribution in [2.45, 2.75) is 33.4 Å². The predicted molar refractivity (Wildman–Crippen MR) is 142 cm³/mol. The lowest BCUT2D eigenvalue weighted by Crippen LogP contribution is -2.30. The molecule has 8 heteroatoms. The second-order valence-corrected chi connectivity index (χ2v) is 8.75. The summed E-state index contributed by atoms with van der Waals surface area (Å²) in [6.07, 6.45) is -0.448. The van der Waals surface area contributed by atoms with Gasteiger partial charge in [0.05, 0.1) is 43.4 Å². The van der Waals surface area contributed by atoms with E-state index in [1.807, 2.05) is 69.3 Å². The monoisotopic (exact) mass is 489 g/mol. The molecule has 36 heavy (non-hydrogen) atoms. The molecule has 0 atom stereocenters. The number of alkyl carbamates (subject to hydrolysis) is 1. The van der Waals surface area contributed by atoms with Crippen LogP contribution < -0.4 is 24.8 Å². The van der Waals surface area contributed by atoms with Crippen molar-refractivity contribution in [3.05, 3.63) is 59.7 Å². The Labute approximate surface area is 210 Å². The number of benzene rings is 3. The van der Waals surface area contributed by atoms with Crippen LogP contribution in [0.15, 0.2) is 48.5 Å². The minimum absolute atomic E-state index is 0.00739. The van der Waals surface area contributed by atoms with Crippen LogP contribution in [0.3, 0.4) is 0 Å². The molecule has 8 nitrogen and oxygen atoms in total. The molecule has 0 aliphatic rings. The van der Waals surface area contributed by atoms with Gasteiger partial charge >= 0.3 is 6.09 Å². The maximum atomic E-state index is 11.9. The highest BCUT2D eigenvalue weighted by Crippen LogP contribution is 2.48. The van der Waals surface area contributed by atoms with Crippen LogP contribution in [0, 0.1) is 6.92 Å². The van der Waals surface area contributed by atoms with Crippen molar-refractivity contribution in [1.29, 1.82) is 0 Å². The third-order valence-electron chi connectivity index (χ3n) is 5.70. The number of rotatable bonds is 8. The van der Waals surface area contributed by atoms with Crippen molar-refractivity contribution in [2.24, 2.45) is 0 Å². The van der Waals surface area contributed by atoms with Crippen LogP contribution in [0.1, 0.15) is 25.0 Å². The first-order valence-corrected chi connectivity index (χ1v) is 11.7. The molecule has 0 aliphatic heterocycles. The average Bonchev–Trinajstić information content (AvgIpc) is 2.85. The Morgan fingerprint density at radius 2 is 1.72 bits per heavy atom. The third-order valence-corrected chi connectivity index (χ3v) is 5.70. The smallest absolute Gasteiger partial charge is 0.407 e. The number of fused-ring (bicyclic) bond motifs is 2. The van der Waals surface area contributed by atoms with Gasteiger partial charge in [0.15, 0.2) is 11.5 Å². The van der Waals surface area contributed by atoms with E-state index in [9.17, 15) is 4.79 Å². The van der Waals surface area contributed by atoms with Crippen LogP contribution in [0.4, 0.5) is 16.2 Å². The van der Waals surface area contributed by atoms with Crippen LogP contribution in [-0.4, -0.2) is 38.4 Å². The molecular weight excluding hydrogens is 458 g/mol. The highest BCUT2D eigenvalue weighted by atomic mass is 16.5. The Morgan fingerprint density at radius 1 is 0.944 bits per heavy atom. The fraction of sp³-hybridized carbons (Fsp3) is 0.286. The first-order valence-electron chi connectivity index (χ1n) is 11.7. The van der Waals surface area contributed by atoms with Gasteiger partial charge in [-0.05, 0) is 50.1 Å². The van der Waals surface area contributed by atoms with Gasteiger partial charge in [-0.1, -0.05) is 24.3 Å². The Kier molecular flexibility index (Phi) is 7.33. The molecule has 0 saturated carbocycles. The number of aryl methyl sites for hydroxylation is 1. The number of carbonyl (C=O) groups is 1. The maximum absolute atomic E-state index is 11.9. The molecule has 1 heterocycles. The number of carbonyl (C=O) groups excluding carboxylic acids is 1. The molecule has 0 fully saturated rings. The number of amides is 1.